The second-order valence-corrected chi connectivity index (χ2v) is 6.09. The highest BCUT2D eigenvalue weighted by molar-refractivity contribution is 5.41. The van der Waals surface area contributed by atoms with Gasteiger partial charge >= 0.3 is 0 Å². The van der Waals surface area contributed by atoms with Gasteiger partial charge in [0.2, 0.25) is 0 Å². The summed E-state index contributed by atoms with van der Waals surface area (Å²) in [4.78, 5) is 0. The molecule has 0 aliphatic rings. The summed E-state index contributed by atoms with van der Waals surface area (Å²) < 4.78 is 5.86. The Labute approximate surface area is 111 Å². The van der Waals surface area contributed by atoms with Crippen LogP contribution in [0, 0.1) is 6.92 Å². The summed E-state index contributed by atoms with van der Waals surface area (Å²) in [5.41, 5.74) is 2.60. The van der Waals surface area contributed by atoms with Crippen LogP contribution in [0.2, 0.25) is 0 Å². The molecule has 1 atom stereocenters. The lowest BCUT2D eigenvalue weighted by Gasteiger charge is -2.23. The molecule has 2 nitrogen and oxygen atoms in total. The molecule has 0 aliphatic heterocycles. The van der Waals surface area contributed by atoms with E-state index in [1.807, 2.05) is 6.92 Å². The summed E-state index contributed by atoms with van der Waals surface area (Å²) >= 11 is 0. The summed E-state index contributed by atoms with van der Waals surface area (Å²) in [7, 11) is 0. The van der Waals surface area contributed by atoms with E-state index in [0.717, 1.165) is 18.6 Å². The van der Waals surface area contributed by atoms with Crippen LogP contribution < -0.4 is 4.74 Å². The third-order valence-corrected chi connectivity index (χ3v) is 2.97. The van der Waals surface area contributed by atoms with Crippen LogP contribution in [0.5, 0.6) is 5.75 Å². The van der Waals surface area contributed by atoms with Crippen LogP contribution >= 0.6 is 0 Å². The van der Waals surface area contributed by atoms with Gasteiger partial charge in [0.05, 0.1) is 12.7 Å². The minimum absolute atomic E-state index is 0.0889. The Kier molecular flexibility index (Phi) is 5.21. The van der Waals surface area contributed by atoms with Gasteiger partial charge in [-0.05, 0) is 43.7 Å². The van der Waals surface area contributed by atoms with E-state index in [0.29, 0.717) is 6.61 Å². The molecule has 0 bridgehead atoms. The SMILES string of the molecule is Cc1ccc(OCCCC(C)O)c(C(C)(C)C)c1. The predicted octanol–water partition coefficient (Wildman–Crippen LogP) is 3.83. The first-order valence-electron chi connectivity index (χ1n) is 6.72. The van der Waals surface area contributed by atoms with Crippen molar-refractivity contribution >= 4 is 0 Å². The zero-order chi connectivity index (χ0) is 13.8. The molecule has 0 spiro atoms. The maximum absolute atomic E-state index is 9.21. The molecule has 2 heteroatoms. The van der Waals surface area contributed by atoms with Gasteiger partial charge in [0.25, 0.3) is 0 Å². The first-order chi connectivity index (χ1) is 8.30. The van der Waals surface area contributed by atoms with Crippen LogP contribution in [0.1, 0.15) is 51.7 Å². The fraction of sp³-hybridized carbons (Fsp3) is 0.625. The van der Waals surface area contributed by atoms with Gasteiger partial charge in [-0.25, -0.2) is 0 Å². The van der Waals surface area contributed by atoms with Crippen molar-refractivity contribution < 1.29 is 9.84 Å². The van der Waals surface area contributed by atoms with E-state index in [9.17, 15) is 5.11 Å². The molecule has 0 saturated carbocycles. The smallest absolute Gasteiger partial charge is 0.123 e. The number of aliphatic hydroxyl groups excluding tert-OH is 1. The molecule has 102 valence electrons. The van der Waals surface area contributed by atoms with E-state index in [1.165, 1.54) is 11.1 Å². The van der Waals surface area contributed by atoms with Gasteiger partial charge in [-0.15, -0.1) is 0 Å². The molecule has 18 heavy (non-hydrogen) atoms. The van der Waals surface area contributed by atoms with E-state index < -0.39 is 0 Å². The van der Waals surface area contributed by atoms with Crippen molar-refractivity contribution in [3.05, 3.63) is 29.3 Å². The number of rotatable bonds is 5. The van der Waals surface area contributed by atoms with Crippen molar-refractivity contribution in [3.8, 4) is 5.75 Å². The molecular formula is C16H26O2. The third-order valence-electron chi connectivity index (χ3n) is 2.97. The summed E-state index contributed by atoms with van der Waals surface area (Å²) in [6.07, 6.45) is 1.43. The Balaban J connectivity index is 2.70. The van der Waals surface area contributed by atoms with Crippen molar-refractivity contribution in [2.45, 2.75) is 59.0 Å². The topological polar surface area (TPSA) is 29.5 Å². The number of aryl methyl sites for hydroxylation is 1. The van der Waals surface area contributed by atoms with Gasteiger partial charge in [0, 0.05) is 0 Å². The van der Waals surface area contributed by atoms with Crippen LogP contribution in [0.15, 0.2) is 18.2 Å². The maximum atomic E-state index is 9.21. The highest BCUT2D eigenvalue weighted by Gasteiger charge is 2.19. The summed E-state index contributed by atoms with van der Waals surface area (Å²) in [5.74, 6) is 0.971. The van der Waals surface area contributed by atoms with Gasteiger partial charge < -0.3 is 9.84 Å². The van der Waals surface area contributed by atoms with Gasteiger partial charge in [-0.1, -0.05) is 38.5 Å². The number of hydrogen-bond donors (Lipinski definition) is 1. The first kappa shape index (κ1) is 15.0. The third kappa shape index (κ3) is 4.69. The van der Waals surface area contributed by atoms with Crippen LogP contribution in [0.3, 0.4) is 0 Å². The zero-order valence-corrected chi connectivity index (χ0v) is 12.3. The van der Waals surface area contributed by atoms with Crippen molar-refractivity contribution in [1.29, 1.82) is 0 Å². The van der Waals surface area contributed by atoms with E-state index in [2.05, 4.69) is 45.9 Å². The molecule has 0 saturated heterocycles. The summed E-state index contributed by atoms with van der Waals surface area (Å²) in [6.45, 7) is 11.2. The largest absolute Gasteiger partial charge is 0.493 e. The number of ether oxygens (including phenoxy) is 1. The summed E-state index contributed by atoms with van der Waals surface area (Å²) in [5, 5.41) is 9.21. The van der Waals surface area contributed by atoms with Crippen LogP contribution in [0.25, 0.3) is 0 Å². The molecule has 1 aromatic carbocycles. The Morgan fingerprint density at radius 3 is 2.50 bits per heavy atom. The second kappa shape index (κ2) is 6.24. The van der Waals surface area contributed by atoms with E-state index in [1.54, 1.807) is 0 Å². The summed E-state index contributed by atoms with van der Waals surface area (Å²) in [6, 6.07) is 6.33. The minimum Gasteiger partial charge on any atom is -0.493 e. The van der Waals surface area contributed by atoms with Crippen LogP contribution in [-0.4, -0.2) is 17.8 Å². The fourth-order valence-corrected chi connectivity index (χ4v) is 1.92. The Morgan fingerprint density at radius 1 is 1.28 bits per heavy atom. The van der Waals surface area contributed by atoms with Gasteiger partial charge in [-0.2, -0.15) is 0 Å². The standard InChI is InChI=1S/C16H26O2/c1-12-8-9-15(14(11-12)16(3,4)5)18-10-6-7-13(2)17/h8-9,11,13,17H,6-7,10H2,1-5H3. The molecule has 1 N–H and O–H groups in total. The zero-order valence-electron chi connectivity index (χ0n) is 12.3. The average molecular weight is 250 g/mol. The molecule has 0 aromatic heterocycles. The molecule has 0 aliphatic carbocycles. The minimum atomic E-state index is -0.242. The molecule has 0 radical (unpaired) electrons. The molecule has 1 rings (SSSR count). The lowest BCUT2D eigenvalue weighted by Crippen LogP contribution is -2.14. The molecule has 0 fully saturated rings. The van der Waals surface area contributed by atoms with Crippen molar-refractivity contribution in [1.82, 2.24) is 0 Å². The molecule has 0 amide bonds. The first-order valence-corrected chi connectivity index (χ1v) is 6.72. The lowest BCUT2D eigenvalue weighted by molar-refractivity contribution is 0.170. The highest BCUT2D eigenvalue weighted by atomic mass is 16.5. The van der Waals surface area contributed by atoms with Crippen molar-refractivity contribution in [3.63, 3.8) is 0 Å². The number of benzene rings is 1. The van der Waals surface area contributed by atoms with Gasteiger partial charge in [0.1, 0.15) is 5.75 Å². The average Bonchev–Trinajstić information content (AvgIpc) is 2.24. The van der Waals surface area contributed by atoms with Crippen molar-refractivity contribution in [2.24, 2.45) is 0 Å². The van der Waals surface area contributed by atoms with E-state index in [4.69, 9.17) is 4.74 Å². The monoisotopic (exact) mass is 250 g/mol. The Bertz CT molecular complexity index is 375. The molecule has 1 unspecified atom stereocenters. The fourth-order valence-electron chi connectivity index (χ4n) is 1.92. The normalized spacial score (nSPS) is 13.4. The van der Waals surface area contributed by atoms with Crippen molar-refractivity contribution in [2.75, 3.05) is 6.61 Å². The predicted molar refractivity (Wildman–Crippen MR) is 76.3 cm³/mol. The van der Waals surface area contributed by atoms with E-state index >= 15 is 0 Å². The van der Waals surface area contributed by atoms with Crippen LogP contribution in [0.4, 0.5) is 0 Å². The second-order valence-electron chi connectivity index (χ2n) is 6.09. The quantitative estimate of drug-likeness (QED) is 0.805. The maximum Gasteiger partial charge on any atom is 0.123 e. The highest BCUT2D eigenvalue weighted by Crippen LogP contribution is 2.32. The van der Waals surface area contributed by atoms with Crippen LogP contribution in [-0.2, 0) is 5.41 Å². The van der Waals surface area contributed by atoms with Gasteiger partial charge in [-0.3, -0.25) is 0 Å². The van der Waals surface area contributed by atoms with E-state index in [-0.39, 0.29) is 11.5 Å². The lowest BCUT2D eigenvalue weighted by atomic mass is 9.85. The Hall–Kier alpha value is -1.02. The number of hydrogen-bond acceptors (Lipinski definition) is 2. The molecule has 0 heterocycles. The molecule has 1 aromatic rings. The molecular weight excluding hydrogens is 224 g/mol. The number of aliphatic hydroxyl groups is 1. The Morgan fingerprint density at radius 2 is 1.94 bits per heavy atom. The van der Waals surface area contributed by atoms with Gasteiger partial charge in [0.15, 0.2) is 0 Å².